The summed E-state index contributed by atoms with van der Waals surface area (Å²) < 4.78 is 0. The Labute approximate surface area is 83.7 Å². The zero-order chi connectivity index (χ0) is 10.4. The van der Waals surface area contributed by atoms with Crippen LogP contribution >= 0.6 is 0 Å². The summed E-state index contributed by atoms with van der Waals surface area (Å²) in [6, 6.07) is -0.140. The van der Waals surface area contributed by atoms with Crippen LogP contribution in [0.3, 0.4) is 0 Å². The molecule has 0 atom stereocenters. The number of nitrogens with zero attached hydrogens (tertiary/aromatic N) is 4. The number of rotatable bonds is 4. The molecule has 0 unspecified atom stereocenters. The summed E-state index contributed by atoms with van der Waals surface area (Å²) in [6.07, 6.45) is 4.92. The van der Waals surface area contributed by atoms with Gasteiger partial charge in [-0.25, -0.2) is 4.79 Å². The van der Waals surface area contributed by atoms with E-state index >= 15 is 0 Å². The third kappa shape index (κ3) is 2.55. The minimum absolute atomic E-state index is 0.140. The highest BCUT2D eigenvalue weighted by Crippen LogP contribution is 1.97. The number of hydrogen-bond donors (Lipinski definition) is 0. The standard InChI is InChI=1S/C9H16N4O/c1-3-7-12(8-4-2)9(14)13-10-5-6-11-13/h5-6H,3-4,7-8H2,1-2H3. The van der Waals surface area contributed by atoms with Gasteiger partial charge in [0.2, 0.25) is 0 Å². The molecule has 0 radical (unpaired) electrons. The Morgan fingerprint density at radius 2 is 1.71 bits per heavy atom. The fraction of sp³-hybridized carbons (Fsp3) is 0.667. The third-order valence-corrected chi connectivity index (χ3v) is 1.85. The van der Waals surface area contributed by atoms with E-state index in [2.05, 4.69) is 10.2 Å². The molecule has 1 aromatic rings. The molecule has 0 fully saturated rings. The topological polar surface area (TPSA) is 51.0 Å². The molecule has 14 heavy (non-hydrogen) atoms. The summed E-state index contributed by atoms with van der Waals surface area (Å²) in [6.45, 7) is 5.61. The largest absolute Gasteiger partial charge is 0.362 e. The molecular formula is C9H16N4O. The number of amides is 1. The Bertz CT molecular complexity index is 264. The van der Waals surface area contributed by atoms with Crippen molar-refractivity contribution in [3.8, 4) is 0 Å². The monoisotopic (exact) mass is 196 g/mol. The lowest BCUT2D eigenvalue weighted by molar-refractivity contribution is 0.192. The van der Waals surface area contributed by atoms with Crippen molar-refractivity contribution in [3.05, 3.63) is 12.4 Å². The fourth-order valence-corrected chi connectivity index (χ4v) is 1.28. The second-order valence-electron chi connectivity index (χ2n) is 3.09. The van der Waals surface area contributed by atoms with E-state index in [9.17, 15) is 4.79 Å². The van der Waals surface area contributed by atoms with Crippen molar-refractivity contribution >= 4 is 6.03 Å². The smallest absolute Gasteiger partial charge is 0.322 e. The highest BCUT2D eigenvalue weighted by Gasteiger charge is 2.14. The van der Waals surface area contributed by atoms with Crippen molar-refractivity contribution in [3.63, 3.8) is 0 Å². The second kappa shape index (κ2) is 5.36. The van der Waals surface area contributed by atoms with E-state index in [1.165, 1.54) is 12.4 Å². The van der Waals surface area contributed by atoms with Crippen LogP contribution in [0.2, 0.25) is 0 Å². The molecule has 1 heterocycles. The second-order valence-corrected chi connectivity index (χ2v) is 3.09. The Kier molecular flexibility index (Phi) is 4.10. The highest BCUT2D eigenvalue weighted by atomic mass is 16.2. The SMILES string of the molecule is CCCN(CCC)C(=O)n1nccn1. The predicted molar refractivity (Wildman–Crippen MR) is 53.0 cm³/mol. The van der Waals surface area contributed by atoms with Crippen LogP contribution < -0.4 is 0 Å². The zero-order valence-corrected chi connectivity index (χ0v) is 8.68. The molecular weight excluding hydrogens is 180 g/mol. The average molecular weight is 196 g/mol. The first-order valence-corrected chi connectivity index (χ1v) is 4.95. The van der Waals surface area contributed by atoms with Crippen molar-refractivity contribution in [2.75, 3.05) is 13.1 Å². The van der Waals surface area contributed by atoms with E-state index in [4.69, 9.17) is 0 Å². The maximum atomic E-state index is 11.7. The maximum absolute atomic E-state index is 11.7. The molecule has 1 rings (SSSR count). The molecule has 1 aromatic heterocycles. The lowest BCUT2D eigenvalue weighted by Crippen LogP contribution is -2.37. The Morgan fingerprint density at radius 1 is 1.21 bits per heavy atom. The summed E-state index contributed by atoms with van der Waals surface area (Å²) >= 11 is 0. The molecule has 0 aromatic carbocycles. The van der Waals surface area contributed by atoms with E-state index in [1.54, 1.807) is 4.90 Å². The van der Waals surface area contributed by atoms with E-state index in [0.717, 1.165) is 30.7 Å². The minimum atomic E-state index is -0.140. The molecule has 5 heteroatoms. The third-order valence-electron chi connectivity index (χ3n) is 1.85. The molecule has 0 saturated heterocycles. The molecule has 0 aliphatic heterocycles. The number of carbonyl (C=O) groups is 1. The fourth-order valence-electron chi connectivity index (χ4n) is 1.28. The molecule has 0 bridgehead atoms. The van der Waals surface area contributed by atoms with Crippen molar-refractivity contribution in [1.82, 2.24) is 19.9 Å². The lowest BCUT2D eigenvalue weighted by atomic mass is 10.4. The first kappa shape index (κ1) is 10.7. The molecule has 0 N–H and O–H groups in total. The molecule has 0 aliphatic carbocycles. The molecule has 1 amide bonds. The summed E-state index contributed by atoms with van der Waals surface area (Å²) in [5.41, 5.74) is 0. The van der Waals surface area contributed by atoms with Gasteiger partial charge in [-0.2, -0.15) is 10.2 Å². The van der Waals surface area contributed by atoms with Crippen molar-refractivity contribution < 1.29 is 4.79 Å². The minimum Gasteiger partial charge on any atom is -0.322 e. The first-order chi connectivity index (χ1) is 6.79. The van der Waals surface area contributed by atoms with Crippen molar-refractivity contribution in [2.24, 2.45) is 0 Å². The normalized spacial score (nSPS) is 10.1. The van der Waals surface area contributed by atoms with Crippen LogP contribution in [0.1, 0.15) is 26.7 Å². The van der Waals surface area contributed by atoms with Gasteiger partial charge in [-0.05, 0) is 12.8 Å². The van der Waals surface area contributed by atoms with E-state index in [1.807, 2.05) is 13.8 Å². The molecule has 0 saturated carbocycles. The molecule has 0 spiro atoms. The van der Waals surface area contributed by atoms with Gasteiger partial charge in [-0.15, -0.1) is 0 Å². The van der Waals surface area contributed by atoms with E-state index < -0.39 is 0 Å². The van der Waals surface area contributed by atoms with Gasteiger partial charge in [-0.3, -0.25) is 0 Å². The van der Waals surface area contributed by atoms with Crippen LogP contribution in [0.25, 0.3) is 0 Å². The Morgan fingerprint density at radius 3 is 2.14 bits per heavy atom. The molecule has 5 nitrogen and oxygen atoms in total. The van der Waals surface area contributed by atoms with Gasteiger partial charge in [0, 0.05) is 13.1 Å². The number of carbonyl (C=O) groups excluding carboxylic acids is 1. The van der Waals surface area contributed by atoms with Gasteiger partial charge in [0.25, 0.3) is 0 Å². The van der Waals surface area contributed by atoms with Crippen LogP contribution in [-0.4, -0.2) is 39.0 Å². The van der Waals surface area contributed by atoms with Crippen LogP contribution in [0.4, 0.5) is 4.79 Å². The Balaban J connectivity index is 2.63. The average Bonchev–Trinajstić information content (AvgIpc) is 2.69. The zero-order valence-electron chi connectivity index (χ0n) is 8.68. The predicted octanol–water partition coefficient (Wildman–Crippen LogP) is 1.37. The first-order valence-electron chi connectivity index (χ1n) is 4.95. The molecule has 78 valence electrons. The van der Waals surface area contributed by atoms with E-state index in [0.29, 0.717) is 0 Å². The van der Waals surface area contributed by atoms with Crippen LogP contribution in [0.15, 0.2) is 12.4 Å². The van der Waals surface area contributed by atoms with Gasteiger partial charge < -0.3 is 4.90 Å². The van der Waals surface area contributed by atoms with Gasteiger partial charge in [0.05, 0.1) is 12.4 Å². The van der Waals surface area contributed by atoms with Gasteiger partial charge >= 0.3 is 6.03 Å². The number of aromatic nitrogens is 3. The maximum Gasteiger partial charge on any atom is 0.362 e. The highest BCUT2D eigenvalue weighted by molar-refractivity contribution is 5.74. The van der Waals surface area contributed by atoms with Crippen LogP contribution in [0.5, 0.6) is 0 Å². The summed E-state index contributed by atoms with van der Waals surface area (Å²) in [4.78, 5) is 14.6. The summed E-state index contributed by atoms with van der Waals surface area (Å²) in [5, 5.41) is 7.63. The summed E-state index contributed by atoms with van der Waals surface area (Å²) in [7, 11) is 0. The van der Waals surface area contributed by atoms with Crippen molar-refractivity contribution in [2.45, 2.75) is 26.7 Å². The number of hydrogen-bond acceptors (Lipinski definition) is 3. The van der Waals surface area contributed by atoms with Gasteiger partial charge in [0.15, 0.2) is 0 Å². The molecule has 0 aliphatic rings. The van der Waals surface area contributed by atoms with Gasteiger partial charge in [0.1, 0.15) is 0 Å². The van der Waals surface area contributed by atoms with Crippen LogP contribution in [0, 0.1) is 0 Å². The van der Waals surface area contributed by atoms with Gasteiger partial charge in [-0.1, -0.05) is 18.6 Å². The summed E-state index contributed by atoms with van der Waals surface area (Å²) in [5.74, 6) is 0. The van der Waals surface area contributed by atoms with Crippen molar-refractivity contribution in [1.29, 1.82) is 0 Å². The van der Waals surface area contributed by atoms with Crippen LogP contribution in [-0.2, 0) is 0 Å². The lowest BCUT2D eigenvalue weighted by Gasteiger charge is -2.19. The van der Waals surface area contributed by atoms with E-state index in [-0.39, 0.29) is 6.03 Å². The Hall–Kier alpha value is -1.39. The quantitative estimate of drug-likeness (QED) is 0.730.